The summed E-state index contributed by atoms with van der Waals surface area (Å²) in [5.74, 6) is 0.717. The molecule has 30 heavy (non-hydrogen) atoms. The summed E-state index contributed by atoms with van der Waals surface area (Å²) in [5.41, 5.74) is 9.85. The molecule has 1 unspecified atom stereocenters. The number of hydrogen-bond acceptors (Lipinski definition) is 5. The van der Waals surface area contributed by atoms with Crippen molar-refractivity contribution in [3.63, 3.8) is 0 Å². The van der Waals surface area contributed by atoms with Gasteiger partial charge in [0.2, 0.25) is 0 Å². The third-order valence-electron chi connectivity index (χ3n) is 5.87. The van der Waals surface area contributed by atoms with Gasteiger partial charge in [-0.05, 0) is 44.0 Å². The molecule has 5 nitrogen and oxygen atoms in total. The Morgan fingerprint density at radius 2 is 2.13 bits per heavy atom. The lowest BCUT2D eigenvalue weighted by molar-refractivity contribution is 0.449. The Morgan fingerprint density at radius 3 is 2.80 bits per heavy atom. The number of rotatable bonds is 5. The van der Waals surface area contributed by atoms with Gasteiger partial charge in [0.25, 0.3) is 0 Å². The average Bonchev–Trinajstić information content (AvgIpc) is 2.70. The van der Waals surface area contributed by atoms with Gasteiger partial charge in [-0.1, -0.05) is 11.6 Å². The third kappa shape index (κ3) is 4.02. The first-order valence-electron chi connectivity index (χ1n) is 10.2. The van der Waals surface area contributed by atoms with E-state index in [0.717, 1.165) is 48.3 Å². The molecule has 3 N–H and O–H groups in total. The molecule has 0 saturated carbocycles. The third-order valence-corrected chi connectivity index (χ3v) is 6.16. The van der Waals surface area contributed by atoms with Crippen LogP contribution in [0.1, 0.15) is 24.5 Å². The highest BCUT2D eigenvalue weighted by molar-refractivity contribution is 6.30. The quantitative estimate of drug-likeness (QED) is 0.693. The van der Waals surface area contributed by atoms with Gasteiger partial charge in [-0.2, -0.15) is 0 Å². The molecule has 0 amide bonds. The van der Waals surface area contributed by atoms with E-state index in [1.54, 1.807) is 12.3 Å². The zero-order valence-corrected chi connectivity index (χ0v) is 17.9. The van der Waals surface area contributed by atoms with Gasteiger partial charge in [-0.15, -0.1) is 0 Å². The monoisotopic (exact) mass is 428 g/mol. The number of nitrogens with two attached hydrogens (primary N) is 1. The molecule has 158 valence electrons. The number of halogens is 2. The molecule has 7 heteroatoms. The van der Waals surface area contributed by atoms with E-state index in [9.17, 15) is 4.39 Å². The second-order valence-corrected chi connectivity index (χ2v) is 8.24. The molecule has 4 rings (SSSR count). The van der Waals surface area contributed by atoms with Crippen LogP contribution >= 0.6 is 11.6 Å². The van der Waals surface area contributed by atoms with E-state index in [0.29, 0.717) is 17.5 Å². The van der Waals surface area contributed by atoms with Crippen molar-refractivity contribution in [1.29, 1.82) is 0 Å². The van der Waals surface area contributed by atoms with Crippen LogP contribution in [-0.4, -0.2) is 38.4 Å². The van der Waals surface area contributed by atoms with Crippen LogP contribution in [0.3, 0.4) is 0 Å². The summed E-state index contributed by atoms with van der Waals surface area (Å²) < 4.78 is 19.9. The van der Waals surface area contributed by atoms with Crippen LogP contribution < -0.4 is 20.7 Å². The van der Waals surface area contributed by atoms with Crippen LogP contribution in [0.25, 0.3) is 5.57 Å². The van der Waals surface area contributed by atoms with Gasteiger partial charge >= 0.3 is 0 Å². The standard InChI is InChI=1S/C23H26ClFN4O/c1-14-3-5-19-22(29(14)2)8-6-18(15(10-26)11-28-16-12-27-13-16)23(19)30-17-4-7-21(25)20(24)9-17/h4,6-11,14,16,27H,3,5,12-13,26H2,1-2H3. The molecule has 0 spiro atoms. The highest BCUT2D eigenvalue weighted by Crippen LogP contribution is 2.42. The van der Waals surface area contributed by atoms with E-state index in [1.807, 2.05) is 12.3 Å². The number of ether oxygens (including phenoxy) is 1. The first-order chi connectivity index (χ1) is 14.5. The van der Waals surface area contributed by atoms with Crippen molar-refractivity contribution in [2.75, 3.05) is 25.0 Å². The van der Waals surface area contributed by atoms with E-state index < -0.39 is 5.82 Å². The number of hydrogen-bond donors (Lipinski definition) is 2. The Morgan fingerprint density at radius 1 is 1.33 bits per heavy atom. The van der Waals surface area contributed by atoms with E-state index in [4.69, 9.17) is 22.1 Å². The minimum atomic E-state index is -0.475. The summed E-state index contributed by atoms with van der Waals surface area (Å²) in [6.45, 7) is 3.96. The van der Waals surface area contributed by atoms with Gasteiger partial charge in [0, 0.05) is 67.0 Å². The van der Waals surface area contributed by atoms with Crippen molar-refractivity contribution < 1.29 is 9.13 Å². The maximum atomic E-state index is 13.6. The number of benzene rings is 2. The van der Waals surface area contributed by atoms with Crippen LogP contribution in [0, 0.1) is 5.82 Å². The Labute approximate surface area is 181 Å². The zero-order valence-electron chi connectivity index (χ0n) is 17.2. The van der Waals surface area contributed by atoms with Gasteiger partial charge in [0.15, 0.2) is 0 Å². The van der Waals surface area contributed by atoms with Crippen molar-refractivity contribution in [2.24, 2.45) is 10.7 Å². The fourth-order valence-electron chi connectivity index (χ4n) is 3.74. The van der Waals surface area contributed by atoms with Crippen molar-refractivity contribution in [3.05, 3.63) is 58.5 Å². The predicted molar refractivity (Wildman–Crippen MR) is 121 cm³/mol. The van der Waals surface area contributed by atoms with Crippen molar-refractivity contribution in [3.8, 4) is 11.5 Å². The molecule has 2 aliphatic rings. The summed E-state index contributed by atoms with van der Waals surface area (Å²) in [6.07, 6.45) is 5.25. The van der Waals surface area contributed by atoms with E-state index >= 15 is 0 Å². The predicted octanol–water partition coefficient (Wildman–Crippen LogP) is 4.38. The lowest BCUT2D eigenvalue weighted by atomic mass is 9.92. The largest absolute Gasteiger partial charge is 0.456 e. The molecule has 1 saturated heterocycles. The van der Waals surface area contributed by atoms with Crippen LogP contribution in [0.4, 0.5) is 10.1 Å². The highest BCUT2D eigenvalue weighted by Gasteiger charge is 2.26. The summed E-state index contributed by atoms with van der Waals surface area (Å²) in [7, 11) is 2.09. The number of nitrogens with zero attached hydrogens (tertiary/aromatic N) is 2. The number of anilines is 1. The first-order valence-corrected chi connectivity index (χ1v) is 10.5. The lowest BCUT2D eigenvalue weighted by Crippen LogP contribution is -2.45. The number of allylic oxidation sites excluding steroid dienone is 1. The number of aliphatic imine (C=N–C) groups is 1. The molecule has 2 aromatic rings. The highest BCUT2D eigenvalue weighted by atomic mass is 35.5. The smallest absolute Gasteiger partial charge is 0.142 e. The van der Waals surface area contributed by atoms with E-state index in [-0.39, 0.29) is 11.1 Å². The molecule has 0 aliphatic carbocycles. The first kappa shape index (κ1) is 20.7. The summed E-state index contributed by atoms with van der Waals surface area (Å²) >= 11 is 5.98. The Hall–Kier alpha value is -2.57. The van der Waals surface area contributed by atoms with Crippen LogP contribution in [0.15, 0.2) is 41.5 Å². The van der Waals surface area contributed by atoms with Crippen LogP contribution in [-0.2, 0) is 6.42 Å². The summed E-state index contributed by atoms with van der Waals surface area (Å²) in [4.78, 5) is 6.87. The average molecular weight is 429 g/mol. The zero-order chi connectivity index (χ0) is 21.3. The topological polar surface area (TPSA) is 62.9 Å². The molecule has 1 atom stereocenters. The van der Waals surface area contributed by atoms with Crippen molar-refractivity contribution in [1.82, 2.24) is 5.32 Å². The maximum Gasteiger partial charge on any atom is 0.142 e. The molecule has 2 aromatic carbocycles. The molecule has 2 heterocycles. The second kappa shape index (κ2) is 8.66. The van der Waals surface area contributed by atoms with Crippen molar-refractivity contribution in [2.45, 2.75) is 31.8 Å². The fraction of sp³-hybridized carbons (Fsp3) is 0.348. The van der Waals surface area contributed by atoms with E-state index in [2.05, 4.69) is 35.2 Å². The SMILES string of the molecule is CC1CCc2c(ccc(C(C=NC3CNC3)=CN)c2Oc2ccc(F)c(Cl)c2)N1C. The Kier molecular flexibility index (Phi) is 5.97. The maximum absolute atomic E-state index is 13.6. The summed E-state index contributed by atoms with van der Waals surface area (Å²) in [6, 6.07) is 9.21. The second-order valence-electron chi connectivity index (χ2n) is 7.83. The molecular formula is C23H26ClFN4O. The van der Waals surface area contributed by atoms with Crippen molar-refractivity contribution >= 4 is 29.1 Å². The minimum absolute atomic E-state index is 0.0261. The fourth-order valence-corrected chi connectivity index (χ4v) is 3.91. The van der Waals surface area contributed by atoms with Gasteiger partial charge in [0.05, 0.1) is 11.1 Å². The number of fused-ring (bicyclic) bond motifs is 1. The number of nitrogens with one attached hydrogen (secondary N) is 1. The lowest BCUT2D eigenvalue weighted by Gasteiger charge is -2.35. The molecular weight excluding hydrogens is 403 g/mol. The van der Waals surface area contributed by atoms with Gasteiger partial charge in [-0.3, -0.25) is 4.99 Å². The molecule has 1 fully saturated rings. The molecule has 0 radical (unpaired) electrons. The molecule has 0 bridgehead atoms. The van der Waals surface area contributed by atoms with Gasteiger partial charge in [0.1, 0.15) is 17.3 Å². The van der Waals surface area contributed by atoms with Gasteiger partial charge in [-0.25, -0.2) is 4.39 Å². The minimum Gasteiger partial charge on any atom is -0.456 e. The van der Waals surface area contributed by atoms with Crippen LogP contribution in [0.5, 0.6) is 11.5 Å². The summed E-state index contributed by atoms with van der Waals surface area (Å²) in [5, 5.41) is 3.23. The molecule has 2 aliphatic heterocycles. The van der Waals surface area contributed by atoms with E-state index in [1.165, 1.54) is 12.1 Å². The Bertz CT molecular complexity index is 1000. The Balaban J connectivity index is 1.78. The normalized spacial score (nSPS) is 19.7. The van der Waals surface area contributed by atoms with Crippen LogP contribution in [0.2, 0.25) is 5.02 Å². The van der Waals surface area contributed by atoms with Gasteiger partial charge < -0.3 is 20.7 Å². The molecule has 0 aromatic heterocycles.